The third-order valence-corrected chi connectivity index (χ3v) is 5.85. The highest BCUT2D eigenvalue weighted by atomic mass is 19.1. The van der Waals surface area contributed by atoms with Crippen molar-refractivity contribution in [3.05, 3.63) is 77.4 Å². The summed E-state index contributed by atoms with van der Waals surface area (Å²) in [6.07, 6.45) is 6.70. The average Bonchev–Trinajstić information content (AvgIpc) is 3.33. The molecule has 2 heterocycles. The summed E-state index contributed by atoms with van der Waals surface area (Å²) in [5, 5.41) is 13.0. The number of aliphatic hydroxyl groups is 1. The Kier molecular flexibility index (Phi) is 7.61. The summed E-state index contributed by atoms with van der Waals surface area (Å²) in [7, 11) is 0. The van der Waals surface area contributed by atoms with E-state index in [1.165, 1.54) is 12.3 Å². The zero-order chi connectivity index (χ0) is 23.2. The molecule has 0 bridgehead atoms. The standard InChI is InChI=1S/C25H28FN3O4/c26-22-14-28-8-6-23(22)29-25(31)18-4-5-19(13-27)21(12-18)17-3-1-2-16(10-17)11-24(30)33-20-7-9-32-15-20/h1-6,8,10,14,18,20,24,30H,7,9,11-13,15,27H2,(H,28,29,31). The number of halogens is 1. The second-order valence-corrected chi connectivity index (χ2v) is 8.20. The normalized spacial score (nSPS) is 21.3. The molecule has 0 spiro atoms. The minimum atomic E-state index is -0.921. The fourth-order valence-electron chi connectivity index (χ4n) is 4.11. The van der Waals surface area contributed by atoms with Crippen molar-refractivity contribution in [1.29, 1.82) is 0 Å². The van der Waals surface area contributed by atoms with Crippen LogP contribution in [0.15, 0.2) is 60.5 Å². The van der Waals surface area contributed by atoms with Gasteiger partial charge >= 0.3 is 0 Å². The number of aliphatic hydroxyl groups excluding tert-OH is 1. The van der Waals surface area contributed by atoms with Gasteiger partial charge in [-0.25, -0.2) is 4.39 Å². The van der Waals surface area contributed by atoms with Gasteiger partial charge in [0.05, 0.1) is 30.5 Å². The maximum absolute atomic E-state index is 13.9. The molecule has 1 aromatic carbocycles. The Labute approximate surface area is 192 Å². The van der Waals surface area contributed by atoms with Crippen molar-refractivity contribution in [3.8, 4) is 0 Å². The number of nitrogens with zero attached hydrogens (tertiary/aromatic N) is 1. The lowest BCUT2D eigenvalue weighted by Gasteiger charge is -2.23. The molecule has 2 aromatic rings. The molecule has 1 aliphatic carbocycles. The molecular formula is C25H28FN3O4. The highest BCUT2D eigenvalue weighted by molar-refractivity contribution is 5.95. The number of nitrogens with one attached hydrogen (secondary N) is 1. The Hall–Kier alpha value is -2.91. The van der Waals surface area contributed by atoms with E-state index in [-0.39, 0.29) is 17.7 Å². The van der Waals surface area contributed by atoms with Crippen LogP contribution < -0.4 is 11.1 Å². The first-order valence-corrected chi connectivity index (χ1v) is 11.0. The van der Waals surface area contributed by atoms with Gasteiger partial charge in [-0.05, 0) is 41.2 Å². The van der Waals surface area contributed by atoms with Crippen LogP contribution in [0.2, 0.25) is 0 Å². The molecule has 1 aromatic heterocycles. The zero-order valence-corrected chi connectivity index (χ0v) is 18.2. The summed E-state index contributed by atoms with van der Waals surface area (Å²) in [6, 6.07) is 9.22. The molecule has 7 nitrogen and oxygen atoms in total. The Balaban J connectivity index is 1.46. The Bertz CT molecular complexity index is 1050. The number of benzene rings is 1. The number of hydrogen-bond acceptors (Lipinski definition) is 6. The van der Waals surface area contributed by atoms with Gasteiger partial charge in [-0.3, -0.25) is 9.78 Å². The highest BCUT2D eigenvalue weighted by Gasteiger charge is 2.24. The Morgan fingerprint density at radius 1 is 1.39 bits per heavy atom. The molecule has 1 amide bonds. The summed E-state index contributed by atoms with van der Waals surface area (Å²) >= 11 is 0. The molecule has 2 aliphatic rings. The summed E-state index contributed by atoms with van der Waals surface area (Å²) < 4.78 is 24.8. The van der Waals surface area contributed by atoms with Crippen LogP contribution in [0.4, 0.5) is 10.1 Å². The largest absolute Gasteiger partial charge is 0.379 e. The Morgan fingerprint density at radius 2 is 2.27 bits per heavy atom. The van der Waals surface area contributed by atoms with Crippen molar-refractivity contribution in [3.63, 3.8) is 0 Å². The van der Waals surface area contributed by atoms with E-state index in [1.807, 2.05) is 30.3 Å². The summed E-state index contributed by atoms with van der Waals surface area (Å²) in [5.74, 6) is -1.35. The minimum absolute atomic E-state index is 0.0808. The lowest BCUT2D eigenvalue weighted by atomic mass is 9.84. The fourth-order valence-corrected chi connectivity index (χ4v) is 4.11. The number of rotatable bonds is 8. The van der Waals surface area contributed by atoms with Gasteiger partial charge in [-0.1, -0.05) is 36.4 Å². The first kappa shape index (κ1) is 23.3. The molecule has 4 N–H and O–H groups in total. The maximum atomic E-state index is 13.9. The van der Waals surface area contributed by atoms with E-state index < -0.39 is 18.0 Å². The number of anilines is 1. The number of amides is 1. The summed E-state index contributed by atoms with van der Waals surface area (Å²) in [6.45, 7) is 1.48. The lowest BCUT2D eigenvalue weighted by molar-refractivity contribution is -0.133. The molecule has 33 heavy (non-hydrogen) atoms. The molecule has 3 unspecified atom stereocenters. The van der Waals surface area contributed by atoms with E-state index in [1.54, 1.807) is 6.08 Å². The van der Waals surface area contributed by atoms with E-state index in [4.69, 9.17) is 15.2 Å². The number of nitrogens with two attached hydrogens (primary N) is 1. The van der Waals surface area contributed by atoms with E-state index in [2.05, 4.69) is 10.3 Å². The van der Waals surface area contributed by atoms with Crippen LogP contribution in [0, 0.1) is 11.7 Å². The van der Waals surface area contributed by atoms with E-state index in [9.17, 15) is 14.3 Å². The van der Waals surface area contributed by atoms with Gasteiger partial charge in [-0.15, -0.1) is 0 Å². The van der Waals surface area contributed by atoms with Crippen molar-refractivity contribution in [2.45, 2.75) is 31.7 Å². The number of allylic oxidation sites excluding steroid dienone is 1. The minimum Gasteiger partial charge on any atom is -0.379 e. The third-order valence-electron chi connectivity index (χ3n) is 5.85. The van der Waals surface area contributed by atoms with Gasteiger partial charge in [0.2, 0.25) is 5.91 Å². The molecule has 1 aliphatic heterocycles. The van der Waals surface area contributed by atoms with Crippen molar-refractivity contribution >= 4 is 17.2 Å². The molecule has 4 rings (SSSR count). The third kappa shape index (κ3) is 5.91. The number of carbonyl (C=O) groups is 1. The van der Waals surface area contributed by atoms with Gasteiger partial charge in [0.15, 0.2) is 12.1 Å². The molecule has 8 heteroatoms. The molecule has 0 saturated carbocycles. The van der Waals surface area contributed by atoms with Crippen LogP contribution in [-0.2, 0) is 20.7 Å². The monoisotopic (exact) mass is 453 g/mol. The maximum Gasteiger partial charge on any atom is 0.231 e. The number of ether oxygens (including phenoxy) is 2. The molecule has 174 valence electrons. The van der Waals surface area contributed by atoms with Crippen LogP contribution in [0.5, 0.6) is 0 Å². The molecule has 3 atom stereocenters. The zero-order valence-electron chi connectivity index (χ0n) is 18.2. The van der Waals surface area contributed by atoms with Crippen LogP contribution in [0.25, 0.3) is 5.57 Å². The van der Waals surface area contributed by atoms with Gasteiger partial charge in [0, 0.05) is 25.8 Å². The second kappa shape index (κ2) is 10.8. The van der Waals surface area contributed by atoms with Crippen LogP contribution >= 0.6 is 0 Å². The summed E-state index contributed by atoms with van der Waals surface area (Å²) in [5.41, 5.74) is 9.81. The van der Waals surface area contributed by atoms with Crippen molar-refractivity contribution in [2.75, 3.05) is 25.1 Å². The van der Waals surface area contributed by atoms with Crippen molar-refractivity contribution in [2.24, 2.45) is 11.7 Å². The molecular weight excluding hydrogens is 425 g/mol. The van der Waals surface area contributed by atoms with Gasteiger partial charge in [0.25, 0.3) is 0 Å². The van der Waals surface area contributed by atoms with Crippen LogP contribution in [0.3, 0.4) is 0 Å². The molecule has 1 fully saturated rings. The predicted octanol–water partition coefficient (Wildman–Crippen LogP) is 2.81. The second-order valence-electron chi connectivity index (χ2n) is 8.20. The summed E-state index contributed by atoms with van der Waals surface area (Å²) in [4.78, 5) is 16.5. The van der Waals surface area contributed by atoms with Gasteiger partial charge < -0.3 is 25.6 Å². The first-order chi connectivity index (χ1) is 16.0. The number of carbonyl (C=O) groups excluding carboxylic acids is 1. The van der Waals surface area contributed by atoms with Crippen LogP contribution in [0.1, 0.15) is 24.0 Å². The lowest BCUT2D eigenvalue weighted by Crippen LogP contribution is -2.25. The smallest absolute Gasteiger partial charge is 0.231 e. The topological polar surface area (TPSA) is 107 Å². The predicted molar refractivity (Wildman–Crippen MR) is 123 cm³/mol. The van der Waals surface area contributed by atoms with E-state index >= 15 is 0 Å². The Morgan fingerprint density at radius 3 is 3.03 bits per heavy atom. The van der Waals surface area contributed by atoms with Gasteiger partial charge in [0.1, 0.15) is 0 Å². The first-order valence-electron chi connectivity index (χ1n) is 11.0. The van der Waals surface area contributed by atoms with Crippen molar-refractivity contribution < 1.29 is 23.8 Å². The van der Waals surface area contributed by atoms with Gasteiger partial charge in [-0.2, -0.15) is 0 Å². The highest BCUT2D eigenvalue weighted by Crippen LogP contribution is 2.33. The SMILES string of the molecule is NCC1=C(c2cccc(CC(O)OC3CCOC3)c2)CC(C(=O)Nc2ccncc2F)C=C1. The molecule has 1 saturated heterocycles. The number of pyridine rings is 1. The molecule has 0 radical (unpaired) electrons. The van der Waals surface area contributed by atoms with Crippen molar-refractivity contribution in [1.82, 2.24) is 4.98 Å². The number of aromatic nitrogens is 1. The van der Waals surface area contributed by atoms with E-state index in [0.29, 0.717) is 32.6 Å². The number of hydrogen-bond donors (Lipinski definition) is 3. The fraction of sp³-hybridized carbons (Fsp3) is 0.360. The van der Waals surface area contributed by atoms with E-state index in [0.717, 1.165) is 34.9 Å². The quantitative estimate of drug-likeness (QED) is 0.531. The average molecular weight is 454 g/mol. The van der Waals surface area contributed by atoms with Crippen LogP contribution in [-0.4, -0.2) is 48.2 Å².